The highest BCUT2D eigenvalue weighted by Crippen LogP contribution is 1.77. The molecular formula is C6H12N4O6. The summed E-state index contributed by atoms with van der Waals surface area (Å²) >= 11 is 0. The molecule has 0 amide bonds. The molecule has 0 rings (SSSR count). The number of hydrogen-bond donors (Lipinski definition) is 7. The Morgan fingerprint density at radius 1 is 1.12 bits per heavy atom. The van der Waals surface area contributed by atoms with Crippen LogP contribution in [0.25, 0.3) is 0 Å². The normalized spacial score (nSPS) is 14.1. The van der Waals surface area contributed by atoms with Gasteiger partial charge in [0.1, 0.15) is 12.3 Å². The summed E-state index contributed by atoms with van der Waals surface area (Å²) in [6, 6.07) is -2.75. The number of hydrogen-bond acceptors (Lipinski definition) is 8. The van der Waals surface area contributed by atoms with Crippen molar-refractivity contribution in [2.24, 2.45) is 0 Å². The topological polar surface area (TPSA) is 160 Å². The van der Waals surface area contributed by atoms with Gasteiger partial charge in [-0.2, -0.15) is 11.1 Å². The maximum Gasteiger partial charge on any atom is 0.329 e. The highest BCUT2D eigenvalue weighted by Gasteiger charge is 2.16. The quantitative estimate of drug-likeness (QED) is 0.0914. The fourth-order valence-corrected chi connectivity index (χ4v) is 0.576. The average Bonchev–Trinajstić information content (AvgIpc) is 2.22. The van der Waals surface area contributed by atoms with Crippen LogP contribution in [0.15, 0.2) is 0 Å². The number of nitrogens with one attached hydrogen (secondary N) is 4. The molecule has 7 N–H and O–H groups in total. The number of carbonyl (C=O) groups excluding carboxylic acids is 1. The van der Waals surface area contributed by atoms with Crippen LogP contribution in [0.4, 0.5) is 0 Å². The zero-order valence-corrected chi connectivity index (χ0v) is 8.01. The minimum absolute atomic E-state index is 0.137. The fraction of sp³-hybridized carbons (Fsp3) is 0.500. The first-order chi connectivity index (χ1) is 7.52. The van der Waals surface area contributed by atoms with Crippen LogP contribution < -0.4 is 21.9 Å². The SMILES string of the molecule is O=C[C@H](NNNN[C@@H](CO)C(=O)O)C(=O)O. The lowest BCUT2D eigenvalue weighted by Crippen LogP contribution is -2.60. The molecule has 16 heavy (non-hydrogen) atoms. The van der Waals surface area contributed by atoms with Crippen molar-refractivity contribution >= 4 is 18.2 Å². The van der Waals surface area contributed by atoms with E-state index < -0.39 is 30.6 Å². The number of rotatable bonds is 9. The zero-order valence-electron chi connectivity index (χ0n) is 8.01. The molecule has 0 spiro atoms. The van der Waals surface area contributed by atoms with Crippen LogP contribution >= 0.6 is 0 Å². The van der Waals surface area contributed by atoms with E-state index in [2.05, 4.69) is 11.0 Å². The third-order valence-corrected chi connectivity index (χ3v) is 1.42. The number of aldehydes is 1. The molecular weight excluding hydrogens is 224 g/mol. The molecule has 0 heterocycles. The molecule has 0 aromatic rings. The van der Waals surface area contributed by atoms with Gasteiger partial charge in [-0.15, -0.1) is 0 Å². The van der Waals surface area contributed by atoms with E-state index in [1.165, 1.54) is 0 Å². The molecule has 0 saturated heterocycles. The van der Waals surface area contributed by atoms with E-state index in [1.54, 1.807) is 0 Å². The van der Waals surface area contributed by atoms with Crippen molar-refractivity contribution in [2.75, 3.05) is 6.61 Å². The predicted octanol–water partition coefficient (Wildman–Crippen LogP) is -3.81. The van der Waals surface area contributed by atoms with Gasteiger partial charge < -0.3 is 20.1 Å². The monoisotopic (exact) mass is 236 g/mol. The van der Waals surface area contributed by atoms with Gasteiger partial charge in [0.25, 0.3) is 0 Å². The van der Waals surface area contributed by atoms with Gasteiger partial charge in [-0.25, -0.2) is 15.6 Å². The molecule has 0 bridgehead atoms. The second-order valence-electron chi connectivity index (χ2n) is 2.56. The third-order valence-electron chi connectivity index (χ3n) is 1.42. The Labute approximate surface area is 89.5 Å². The van der Waals surface area contributed by atoms with Crippen molar-refractivity contribution in [1.82, 2.24) is 21.9 Å². The molecule has 10 nitrogen and oxygen atoms in total. The maximum atomic E-state index is 10.4. The lowest BCUT2D eigenvalue weighted by molar-refractivity contribution is -0.143. The summed E-state index contributed by atoms with van der Waals surface area (Å²) in [5.74, 6) is -2.71. The van der Waals surface area contributed by atoms with Gasteiger partial charge in [0.15, 0.2) is 6.04 Å². The van der Waals surface area contributed by atoms with E-state index >= 15 is 0 Å². The first-order valence-corrected chi connectivity index (χ1v) is 4.05. The molecule has 0 unspecified atom stereocenters. The highest BCUT2D eigenvalue weighted by atomic mass is 16.4. The van der Waals surface area contributed by atoms with Crippen LogP contribution in [0.3, 0.4) is 0 Å². The lowest BCUT2D eigenvalue weighted by atomic mass is 10.3. The van der Waals surface area contributed by atoms with Crippen molar-refractivity contribution in [3.63, 3.8) is 0 Å². The first kappa shape index (κ1) is 14.4. The summed E-state index contributed by atoms with van der Waals surface area (Å²) in [5.41, 5.74) is 8.23. The fourth-order valence-electron chi connectivity index (χ4n) is 0.576. The summed E-state index contributed by atoms with van der Waals surface area (Å²) in [5, 5.41) is 25.4. The number of aliphatic hydroxyl groups excluding tert-OH is 1. The Balaban J connectivity index is 3.77. The van der Waals surface area contributed by atoms with E-state index in [4.69, 9.17) is 15.3 Å². The summed E-state index contributed by atoms with van der Waals surface area (Å²) in [7, 11) is 0. The molecule has 0 saturated carbocycles. The standard InChI is InChI=1S/C6H12N4O6/c11-1-3(5(13)14)7-9-10-8-4(2-12)6(15)16/h1,3-4,7-10,12H,2H2,(H,13,14)(H,15,16)/t3-,4-/m0/s1. The van der Waals surface area contributed by atoms with Crippen molar-refractivity contribution in [2.45, 2.75) is 12.1 Å². The molecule has 0 aliphatic heterocycles. The molecule has 0 aliphatic rings. The van der Waals surface area contributed by atoms with Gasteiger partial charge in [-0.05, 0) is 0 Å². The summed E-state index contributed by atoms with van der Waals surface area (Å²) in [6.45, 7) is -0.667. The molecule has 92 valence electrons. The molecule has 0 aromatic carbocycles. The Morgan fingerprint density at radius 2 is 1.69 bits per heavy atom. The van der Waals surface area contributed by atoms with Crippen LogP contribution in [-0.2, 0) is 14.4 Å². The van der Waals surface area contributed by atoms with Gasteiger partial charge in [-0.3, -0.25) is 4.79 Å². The van der Waals surface area contributed by atoms with Crippen LogP contribution in [0, 0.1) is 0 Å². The minimum atomic E-state index is -1.48. The van der Waals surface area contributed by atoms with Crippen molar-refractivity contribution in [3.8, 4) is 0 Å². The second kappa shape index (κ2) is 7.67. The van der Waals surface area contributed by atoms with E-state index in [0.717, 1.165) is 0 Å². The molecule has 0 aliphatic carbocycles. The number of carboxylic acid groups (broad SMARTS) is 2. The maximum absolute atomic E-state index is 10.4. The Morgan fingerprint density at radius 3 is 2.06 bits per heavy atom. The molecule has 0 fully saturated rings. The van der Waals surface area contributed by atoms with Crippen molar-refractivity contribution in [1.29, 1.82) is 0 Å². The highest BCUT2D eigenvalue weighted by molar-refractivity contribution is 5.90. The van der Waals surface area contributed by atoms with Crippen LogP contribution in [-0.4, -0.2) is 52.2 Å². The third kappa shape index (κ3) is 5.33. The largest absolute Gasteiger partial charge is 0.480 e. The zero-order chi connectivity index (χ0) is 12.6. The van der Waals surface area contributed by atoms with Gasteiger partial charge in [0.05, 0.1) is 6.61 Å². The summed E-state index contributed by atoms with van der Waals surface area (Å²) in [4.78, 5) is 30.8. The number of carbonyl (C=O) groups is 3. The van der Waals surface area contributed by atoms with E-state index in [9.17, 15) is 14.4 Å². The summed E-state index contributed by atoms with van der Waals surface area (Å²) in [6.07, 6.45) is 0.137. The number of carboxylic acids is 2. The average molecular weight is 236 g/mol. The first-order valence-electron chi connectivity index (χ1n) is 4.05. The van der Waals surface area contributed by atoms with Crippen molar-refractivity contribution in [3.05, 3.63) is 0 Å². The van der Waals surface area contributed by atoms with Crippen LogP contribution in [0.1, 0.15) is 0 Å². The van der Waals surface area contributed by atoms with Gasteiger partial charge >= 0.3 is 11.9 Å². The van der Waals surface area contributed by atoms with Gasteiger partial charge in [0, 0.05) is 0 Å². The van der Waals surface area contributed by atoms with E-state index in [0.29, 0.717) is 0 Å². The smallest absolute Gasteiger partial charge is 0.329 e. The number of hydrazine groups is 3. The Kier molecular flexibility index (Phi) is 6.91. The second-order valence-corrected chi connectivity index (χ2v) is 2.56. The van der Waals surface area contributed by atoms with Crippen LogP contribution in [0.2, 0.25) is 0 Å². The molecule has 10 heteroatoms. The van der Waals surface area contributed by atoms with E-state index in [-0.39, 0.29) is 6.29 Å². The molecule has 0 aromatic heterocycles. The molecule has 0 radical (unpaired) electrons. The lowest BCUT2D eigenvalue weighted by Gasteiger charge is -2.15. The number of aliphatic hydroxyl groups is 1. The van der Waals surface area contributed by atoms with Gasteiger partial charge in [-0.1, -0.05) is 0 Å². The van der Waals surface area contributed by atoms with E-state index in [1.807, 2.05) is 11.0 Å². The Bertz CT molecular complexity index is 259. The predicted molar refractivity (Wildman–Crippen MR) is 48.5 cm³/mol. The number of aliphatic carboxylic acids is 2. The minimum Gasteiger partial charge on any atom is -0.480 e. The van der Waals surface area contributed by atoms with Gasteiger partial charge in [0.2, 0.25) is 0 Å². The Hall–Kier alpha value is -1.59. The van der Waals surface area contributed by atoms with Crippen molar-refractivity contribution < 1.29 is 29.7 Å². The molecule has 2 atom stereocenters. The summed E-state index contributed by atoms with van der Waals surface area (Å²) < 4.78 is 0. The van der Waals surface area contributed by atoms with Crippen LogP contribution in [0.5, 0.6) is 0 Å².